The molecule has 1 aromatic carbocycles. The molecular formula is C11H14N4O4. The molecule has 3 N–H and O–H groups in total. The Balaban J connectivity index is 2.11. The number of nitro benzene ring substituents is 1. The lowest BCUT2D eigenvalue weighted by Crippen LogP contribution is -2.24. The second-order valence-electron chi connectivity index (χ2n) is 4.03. The first-order chi connectivity index (χ1) is 9.10. The third-order valence-electron chi connectivity index (χ3n) is 2.54. The maximum atomic E-state index is 10.6. The van der Waals surface area contributed by atoms with E-state index in [1.165, 1.54) is 19.2 Å². The molecule has 0 aliphatic carbocycles. The van der Waals surface area contributed by atoms with E-state index in [0.717, 1.165) is 0 Å². The molecule has 0 fully saturated rings. The second-order valence-corrected chi connectivity index (χ2v) is 4.03. The van der Waals surface area contributed by atoms with Gasteiger partial charge < -0.3 is 20.1 Å². The number of hydrogen-bond donors (Lipinski definition) is 3. The van der Waals surface area contributed by atoms with E-state index in [9.17, 15) is 15.2 Å². The molecule has 102 valence electrons. The summed E-state index contributed by atoms with van der Waals surface area (Å²) in [6.07, 6.45) is -0.646. The van der Waals surface area contributed by atoms with Gasteiger partial charge in [-0.3, -0.25) is 10.1 Å². The lowest BCUT2D eigenvalue weighted by atomic mass is 10.3. The van der Waals surface area contributed by atoms with Crippen LogP contribution >= 0.6 is 0 Å². The first-order valence-corrected chi connectivity index (χ1v) is 5.65. The van der Waals surface area contributed by atoms with Gasteiger partial charge in [0.2, 0.25) is 5.95 Å². The molecule has 1 atom stereocenters. The van der Waals surface area contributed by atoms with Crippen LogP contribution in [0.2, 0.25) is 0 Å². The number of imidazole rings is 1. The van der Waals surface area contributed by atoms with Crippen molar-refractivity contribution in [2.24, 2.45) is 0 Å². The smallest absolute Gasteiger partial charge is 0.271 e. The number of hydrogen-bond acceptors (Lipinski definition) is 6. The van der Waals surface area contributed by atoms with Gasteiger partial charge >= 0.3 is 0 Å². The molecule has 0 spiro atoms. The third kappa shape index (κ3) is 3.18. The van der Waals surface area contributed by atoms with Crippen molar-refractivity contribution >= 4 is 22.7 Å². The summed E-state index contributed by atoms with van der Waals surface area (Å²) in [5.41, 5.74) is 1.19. The third-order valence-corrected chi connectivity index (χ3v) is 2.54. The molecule has 0 amide bonds. The van der Waals surface area contributed by atoms with E-state index >= 15 is 0 Å². The van der Waals surface area contributed by atoms with Crippen molar-refractivity contribution in [1.29, 1.82) is 0 Å². The predicted molar refractivity (Wildman–Crippen MR) is 69.1 cm³/mol. The molecule has 1 heterocycles. The molecule has 2 rings (SSSR count). The molecule has 0 saturated heterocycles. The Hall–Kier alpha value is -2.19. The highest BCUT2D eigenvalue weighted by atomic mass is 16.6. The lowest BCUT2D eigenvalue weighted by molar-refractivity contribution is -0.384. The number of anilines is 1. The normalized spacial score (nSPS) is 12.5. The van der Waals surface area contributed by atoms with Crippen molar-refractivity contribution in [2.75, 3.05) is 25.6 Å². The van der Waals surface area contributed by atoms with Crippen molar-refractivity contribution in [3.8, 4) is 0 Å². The van der Waals surface area contributed by atoms with E-state index < -0.39 is 11.0 Å². The highest BCUT2D eigenvalue weighted by Gasteiger charge is 2.10. The molecular weight excluding hydrogens is 252 g/mol. The maximum absolute atomic E-state index is 10.6. The zero-order chi connectivity index (χ0) is 13.8. The molecule has 0 aliphatic heterocycles. The van der Waals surface area contributed by atoms with Crippen LogP contribution in [0, 0.1) is 10.1 Å². The molecule has 0 radical (unpaired) electrons. The summed E-state index contributed by atoms with van der Waals surface area (Å²) in [6.45, 7) is 0.494. The van der Waals surface area contributed by atoms with Crippen LogP contribution in [-0.2, 0) is 4.74 Å². The van der Waals surface area contributed by atoms with Gasteiger partial charge in [-0.25, -0.2) is 4.98 Å². The maximum Gasteiger partial charge on any atom is 0.271 e. The quantitative estimate of drug-likeness (QED) is 0.528. The summed E-state index contributed by atoms with van der Waals surface area (Å²) in [5.74, 6) is 0.450. The number of rotatable bonds is 6. The van der Waals surface area contributed by atoms with Crippen LogP contribution in [-0.4, -0.2) is 46.4 Å². The molecule has 1 unspecified atom stereocenters. The molecule has 1 aromatic heterocycles. The monoisotopic (exact) mass is 266 g/mol. The number of aliphatic hydroxyl groups is 1. The number of benzene rings is 1. The summed E-state index contributed by atoms with van der Waals surface area (Å²) in [5, 5.41) is 23.0. The van der Waals surface area contributed by atoms with Crippen LogP contribution in [0.3, 0.4) is 0 Å². The van der Waals surface area contributed by atoms with Crippen LogP contribution < -0.4 is 5.32 Å². The minimum absolute atomic E-state index is 0.00196. The van der Waals surface area contributed by atoms with Crippen LogP contribution in [0.15, 0.2) is 18.2 Å². The standard InChI is InChI=1S/C11H14N4O4/c1-19-6-8(16)5-12-11-13-9-3-2-7(15(17)18)4-10(9)14-11/h2-4,8,16H,5-6H2,1H3,(H2,12,13,14). The Bertz CT molecular complexity index is 583. The van der Waals surface area contributed by atoms with Gasteiger partial charge in [-0.1, -0.05) is 0 Å². The first-order valence-electron chi connectivity index (χ1n) is 5.65. The van der Waals surface area contributed by atoms with Crippen molar-refractivity contribution in [3.63, 3.8) is 0 Å². The molecule has 0 saturated carbocycles. The Kier molecular flexibility index (Phi) is 3.93. The predicted octanol–water partition coefficient (Wildman–Crippen LogP) is 0.890. The molecule has 8 nitrogen and oxygen atoms in total. The van der Waals surface area contributed by atoms with Crippen LogP contribution in [0.4, 0.5) is 11.6 Å². The number of fused-ring (bicyclic) bond motifs is 1. The number of aliphatic hydroxyl groups excluding tert-OH is 1. The van der Waals surface area contributed by atoms with E-state index in [2.05, 4.69) is 15.3 Å². The Morgan fingerprint density at radius 3 is 3.11 bits per heavy atom. The van der Waals surface area contributed by atoms with Crippen LogP contribution in [0.5, 0.6) is 0 Å². The van der Waals surface area contributed by atoms with Gasteiger partial charge in [0.1, 0.15) is 0 Å². The van der Waals surface area contributed by atoms with Gasteiger partial charge in [0, 0.05) is 25.8 Å². The molecule has 8 heteroatoms. The number of ether oxygens (including phenoxy) is 1. The largest absolute Gasteiger partial charge is 0.389 e. The minimum Gasteiger partial charge on any atom is -0.389 e. The SMILES string of the molecule is COCC(O)CNc1nc2ccc([N+](=O)[O-])cc2[nH]1. The van der Waals surface area contributed by atoms with E-state index in [4.69, 9.17) is 4.74 Å². The fourth-order valence-corrected chi connectivity index (χ4v) is 1.66. The molecule has 0 bridgehead atoms. The topological polar surface area (TPSA) is 113 Å². The summed E-state index contributed by atoms with van der Waals surface area (Å²) in [7, 11) is 1.50. The van der Waals surface area contributed by atoms with Gasteiger partial charge in [0.05, 0.1) is 28.7 Å². The first kappa shape index (κ1) is 13.2. The Morgan fingerprint density at radius 1 is 1.63 bits per heavy atom. The average molecular weight is 266 g/mol. The number of non-ortho nitro benzene ring substituents is 1. The van der Waals surface area contributed by atoms with Gasteiger partial charge in [-0.2, -0.15) is 0 Å². The summed E-state index contributed by atoms with van der Waals surface area (Å²) in [4.78, 5) is 17.3. The fraction of sp³-hybridized carbons (Fsp3) is 0.364. The van der Waals surface area contributed by atoms with E-state index in [0.29, 0.717) is 17.0 Å². The number of nitrogens with zero attached hydrogens (tertiary/aromatic N) is 2. The average Bonchev–Trinajstić information content (AvgIpc) is 2.78. The summed E-state index contributed by atoms with van der Waals surface area (Å²) in [6, 6.07) is 4.38. The van der Waals surface area contributed by atoms with Crippen LogP contribution in [0.25, 0.3) is 11.0 Å². The Labute approximate surface area is 108 Å². The van der Waals surface area contributed by atoms with Crippen molar-refractivity contribution in [3.05, 3.63) is 28.3 Å². The number of nitrogens with one attached hydrogen (secondary N) is 2. The highest BCUT2D eigenvalue weighted by Crippen LogP contribution is 2.20. The fourth-order valence-electron chi connectivity index (χ4n) is 1.66. The van der Waals surface area contributed by atoms with Crippen molar-refractivity contribution < 1.29 is 14.8 Å². The van der Waals surface area contributed by atoms with Gasteiger partial charge in [0.15, 0.2) is 0 Å². The molecule has 19 heavy (non-hydrogen) atoms. The van der Waals surface area contributed by atoms with Gasteiger partial charge in [-0.15, -0.1) is 0 Å². The summed E-state index contributed by atoms with van der Waals surface area (Å²) < 4.78 is 4.80. The van der Waals surface area contributed by atoms with Gasteiger partial charge in [0.25, 0.3) is 5.69 Å². The Morgan fingerprint density at radius 2 is 2.42 bits per heavy atom. The molecule has 2 aromatic rings. The van der Waals surface area contributed by atoms with Crippen molar-refractivity contribution in [2.45, 2.75) is 6.10 Å². The number of aromatic nitrogens is 2. The zero-order valence-electron chi connectivity index (χ0n) is 10.3. The molecule has 0 aliphatic rings. The van der Waals surface area contributed by atoms with Crippen molar-refractivity contribution in [1.82, 2.24) is 9.97 Å². The lowest BCUT2D eigenvalue weighted by Gasteiger charge is -2.09. The number of nitro groups is 1. The van der Waals surface area contributed by atoms with Gasteiger partial charge in [-0.05, 0) is 6.07 Å². The highest BCUT2D eigenvalue weighted by molar-refractivity contribution is 5.79. The van der Waals surface area contributed by atoms with E-state index in [1.807, 2.05) is 0 Å². The van der Waals surface area contributed by atoms with Crippen LogP contribution in [0.1, 0.15) is 0 Å². The zero-order valence-corrected chi connectivity index (χ0v) is 10.3. The second kappa shape index (κ2) is 5.63. The number of methoxy groups -OCH3 is 1. The van der Waals surface area contributed by atoms with E-state index in [1.54, 1.807) is 6.07 Å². The minimum atomic E-state index is -0.646. The van der Waals surface area contributed by atoms with E-state index in [-0.39, 0.29) is 18.8 Å². The number of H-pyrrole nitrogens is 1. The number of aromatic amines is 1. The summed E-state index contributed by atoms with van der Waals surface area (Å²) >= 11 is 0.